The van der Waals surface area contributed by atoms with E-state index in [2.05, 4.69) is 11.9 Å². The summed E-state index contributed by atoms with van der Waals surface area (Å²) in [5, 5.41) is 2.84. The fourth-order valence-corrected chi connectivity index (χ4v) is 2.73. The van der Waals surface area contributed by atoms with Crippen molar-refractivity contribution in [1.29, 1.82) is 0 Å². The van der Waals surface area contributed by atoms with Gasteiger partial charge < -0.3 is 5.32 Å². The van der Waals surface area contributed by atoms with E-state index < -0.39 is 0 Å². The van der Waals surface area contributed by atoms with Crippen LogP contribution in [0, 0.1) is 0 Å². The van der Waals surface area contributed by atoms with Gasteiger partial charge in [-0.25, -0.2) is 0 Å². The van der Waals surface area contributed by atoms with Crippen LogP contribution in [0.15, 0.2) is 66.1 Å². The maximum absolute atomic E-state index is 12.4. The third kappa shape index (κ3) is 4.09. The van der Waals surface area contributed by atoms with Gasteiger partial charge in [-0.1, -0.05) is 30.3 Å². The van der Waals surface area contributed by atoms with Gasteiger partial charge in [0.05, 0.1) is 5.56 Å². The summed E-state index contributed by atoms with van der Waals surface area (Å²) in [5.74, 6) is 0.523. The first kappa shape index (κ1) is 16.0. The lowest BCUT2D eigenvalue weighted by molar-refractivity contribution is 0.101. The highest BCUT2D eigenvalue weighted by molar-refractivity contribution is 7.99. The highest BCUT2D eigenvalue weighted by Crippen LogP contribution is 2.23. The van der Waals surface area contributed by atoms with Crippen molar-refractivity contribution < 1.29 is 9.59 Å². The first-order valence-electron chi connectivity index (χ1n) is 6.87. The van der Waals surface area contributed by atoms with Gasteiger partial charge in [0.15, 0.2) is 5.78 Å². The van der Waals surface area contributed by atoms with Gasteiger partial charge >= 0.3 is 0 Å². The Kier molecular flexibility index (Phi) is 5.55. The topological polar surface area (TPSA) is 46.2 Å². The summed E-state index contributed by atoms with van der Waals surface area (Å²) in [6.07, 6.45) is 1.80. The normalized spacial score (nSPS) is 10.0. The van der Waals surface area contributed by atoms with E-state index in [0.29, 0.717) is 16.8 Å². The Morgan fingerprint density at radius 2 is 1.95 bits per heavy atom. The van der Waals surface area contributed by atoms with Crippen LogP contribution in [-0.4, -0.2) is 17.4 Å². The lowest BCUT2D eigenvalue weighted by atomic mass is 10.1. The Morgan fingerprint density at radius 1 is 1.18 bits per heavy atom. The van der Waals surface area contributed by atoms with Crippen molar-refractivity contribution in [1.82, 2.24) is 0 Å². The van der Waals surface area contributed by atoms with Crippen LogP contribution in [0.3, 0.4) is 0 Å². The van der Waals surface area contributed by atoms with Crippen molar-refractivity contribution in [3.8, 4) is 0 Å². The van der Waals surface area contributed by atoms with E-state index in [9.17, 15) is 9.59 Å². The third-order valence-corrected chi connectivity index (χ3v) is 4.08. The summed E-state index contributed by atoms with van der Waals surface area (Å²) in [6.45, 7) is 5.19. The molecular formula is C18H17NO2S. The Hall–Kier alpha value is -2.33. The van der Waals surface area contributed by atoms with Crippen molar-refractivity contribution in [3.05, 3.63) is 72.3 Å². The zero-order valence-corrected chi connectivity index (χ0v) is 13.2. The molecule has 0 heterocycles. The van der Waals surface area contributed by atoms with Gasteiger partial charge in [0, 0.05) is 21.9 Å². The summed E-state index contributed by atoms with van der Waals surface area (Å²) < 4.78 is 0. The van der Waals surface area contributed by atoms with Crippen LogP contribution in [0.1, 0.15) is 27.6 Å². The van der Waals surface area contributed by atoms with Crippen molar-refractivity contribution >= 4 is 29.1 Å². The fraction of sp³-hybridized carbons (Fsp3) is 0.111. The van der Waals surface area contributed by atoms with Crippen molar-refractivity contribution in [3.63, 3.8) is 0 Å². The molecule has 3 nitrogen and oxygen atoms in total. The molecule has 2 rings (SSSR count). The van der Waals surface area contributed by atoms with E-state index in [-0.39, 0.29) is 11.7 Å². The molecule has 0 saturated heterocycles. The van der Waals surface area contributed by atoms with Gasteiger partial charge in [-0.3, -0.25) is 9.59 Å². The molecule has 4 heteroatoms. The molecule has 1 N–H and O–H groups in total. The molecule has 0 spiro atoms. The number of carbonyl (C=O) groups excluding carboxylic acids is 2. The zero-order chi connectivity index (χ0) is 15.9. The molecule has 0 unspecified atom stereocenters. The highest BCUT2D eigenvalue weighted by atomic mass is 32.2. The monoisotopic (exact) mass is 311 g/mol. The van der Waals surface area contributed by atoms with Crippen LogP contribution in [0.4, 0.5) is 5.69 Å². The average molecular weight is 311 g/mol. The lowest BCUT2D eigenvalue weighted by Gasteiger charge is -2.10. The molecule has 0 fully saturated rings. The first-order chi connectivity index (χ1) is 10.6. The molecule has 22 heavy (non-hydrogen) atoms. The second kappa shape index (κ2) is 7.61. The van der Waals surface area contributed by atoms with Crippen LogP contribution in [0.25, 0.3) is 0 Å². The molecule has 0 saturated carbocycles. The molecule has 0 radical (unpaired) electrons. The number of thioether (sulfide) groups is 1. The number of nitrogens with one attached hydrogen (secondary N) is 1. The third-order valence-electron chi connectivity index (χ3n) is 3.02. The predicted octanol–water partition coefficient (Wildman–Crippen LogP) is 4.42. The second-order valence-electron chi connectivity index (χ2n) is 4.69. The van der Waals surface area contributed by atoms with E-state index in [1.165, 1.54) is 6.92 Å². The van der Waals surface area contributed by atoms with Gasteiger partial charge in [-0.2, -0.15) is 0 Å². The van der Waals surface area contributed by atoms with Gasteiger partial charge in [0.2, 0.25) is 0 Å². The first-order valence-corrected chi connectivity index (χ1v) is 7.85. The van der Waals surface area contributed by atoms with Gasteiger partial charge in [-0.15, -0.1) is 18.3 Å². The smallest absolute Gasteiger partial charge is 0.256 e. The number of amides is 1. The quantitative estimate of drug-likeness (QED) is 0.488. The van der Waals surface area contributed by atoms with Crippen LogP contribution in [-0.2, 0) is 0 Å². The number of hydrogen-bond donors (Lipinski definition) is 1. The van der Waals surface area contributed by atoms with Gasteiger partial charge in [0.25, 0.3) is 5.91 Å². The molecular weight excluding hydrogens is 294 g/mol. The zero-order valence-electron chi connectivity index (χ0n) is 12.3. The molecule has 2 aromatic rings. The van der Waals surface area contributed by atoms with E-state index in [4.69, 9.17) is 0 Å². The Balaban J connectivity index is 2.20. The van der Waals surface area contributed by atoms with Crippen LogP contribution >= 0.6 is 11.8 Å². The SMILES string of the molecule is C=CCSc1ccccc1C(=O)Nc1cccc(C(C)=O)c1. The molecule has 1 amide bonds. The van der Waals surface area contributed by atoms with Gasteiger partial charge in [-0.05, 0) is 31.2 Å². The summed E-state index contributed by atoms with van der Waals surface area (Å²) in [5.41, 5.74) is 1.80. The number of Topliss-reactive ketones (excluding diaryl/α,β-unsaturated/α-hetero) is 1. The van der Waals surface area contributed by atoms with Gasteiger partial charge in [0.1, 0.15) is 0 Å². The minimum absolute atomic E-state index is 0.0296. The molecule has 0 aliphatic rings. The summed E-state index contributed by atoms with van der Waals surface area (Å²) in [7, 11) is 0. The minimum atomic E-state index is -0.187. The highest BCUT2D eigenvalue weighted by Gasteiger charge is 2.11. The van der Waals surface area contributed by atoms with Crippen LogP contribution < -0.4 is 5.32 Å². The molecule has 0 aliphatic heterocycles. The molecule has 112 valence electrons. The largest absolute Gasteiger partial charge is 0.322 e. The maximum atomic E-state index is 12.4. The Labute approximate surface area is 134 Å². The van der Waals surface area contributed by atoms with E-state index in [1.54, 1.807) is 48.2 Å². The maximum Gasteiger partial charge on any atom is 0.256 e. The molecule has 2 aromatic carbocycles. The fourth-order valence-electron chi connectivity index (χ4n) is 1.94. The minimum Gasteiger partial charge on any atom is -0.322 e. The number of anilines is 1. The predicted molar refractivity (Wildman–Crippen MR) is 91.8 cm³/mol. The number of hydrogen-bond acceptors (Lipinski definition) is 3. The Bertz CT molecular complexity index is 710. The standard InChI is InChI=1S/C18H17NO2S/c1-3-11-22-17-10-5-4-9-16(17)18(21)19-15-8-6-7-14(12-15)13(2)20/h3-10,12H,1,11H2,2H3,(H,19,21). The average Bonchev–Trinajstić information content (AvgIpc) is 2.53. The summed E-state index contributed by atoms with van der Waals surface area (Å²) in [4.78, 5) is 24.7. The molecule has 0 atom stereocenters. The number of carbonyl (C=O) groups is 2. The summed E-state index contributed by atoms with van der Waals surface area (Å²) in [6, 6.07) is 14.4. The van der Waals surface area contributed by atoms with Crippen molar-refractivity contribution in [2.24, 2.45) is 0 Å². The van der Waals surface area contributed by atoms with Crippen molar-refractivity contribution in [2.75, 3.05) is 11.1 Å². The molecule has 0 bridgehead atoms. The number of benzene rings is 2. The summed E-state index contributed by atoms with van der Waals surface area (Å²) >= 11 is 1.56. The lowest BCUT2D eigenvalue weighted by Crippen LogP contribution is -2.13. The van der Waals surface area contributed by atoms with E-state index >= 15 is 0 Å². The van der Waals surface area contributed by atoms with E-state index in [0.717, 1.165) is 10.6 Å². The number of rotatable bonds is 6. The second-order valence-corrected chi connectivity index (χ2v) is 5.75. The Morgan fingerprint density at radius 3 is 2.68 bits per heavy atom. The molecule has 0 aromatic heterocycles. The van der Waals surface area contributed by atoms with Crippen LogP contribution in [0.2, 0.25) is 0 Å². The molecule has 0 aliphatic carbocycles. The van der Waals surface area contributed by atoms with Crippen molar-refractivity contribution in [2.45, 2.75) is 11.8 Å². The number of ketones is 1. The van der Waals surface area contributed by atoms with Crippen LogP contribution in [0.5, 0.6) is 0 Å². The van der Waals surface area contributed by atoms with E-state index in [1.807, 2.05) is 18.2 Å².